The summed E-state index contributed by atoms with van der Waals surface area (Å²) in [5, 5.41) is 12.8. The van der Waals surface area contributed by atoms with Crippen LogP contribution in [-0.2, 0) is 19.3 Å². The first kappa shape index (κ1) is 23.5. The van der Waals surface area contributed by atoms with Gasteiger partial charge in [0.05, 0.1) is 17.0 Å². The summed E-state index contributed by atoms with van der Waals surface area (Å²) in [6, 6.07) is 13.2. The minimum absolute atomic E-state index is 0.141. The zero-order chi connectivity index (χ0) is 27.1. The summed E-state index contributed by atoms with van der Waals surface area (Å²) in [7, 11) is 2.08. The van der Waals surface area contributed by atoms with Crippen molar-refractivity contribution in [3.8, 4) is 11.5 Å². The van der Waals surface area contributed by atoms with Gasteiger partial charge in [-0.2, -0.15) is 0 Å². The first-order valence-electron chi connectivity index (χ1n) is 14.2. The second-order valence-corrected chi connectivity index (χ2v) is 11.4. The average Bonchev–Trinajstić information content (AvgIpc) is 2.96. The molecule has 0 atom stereocenters. The Morgan fingerprint density at radius 1 is 1.00 bits per heavy atom. The number of nitrogens with zero attached hydrogens (tertiary/aromatic N) is 2. The SMILES string of the molecule is C[N+]1=c2cc3c(cc2CCC1)=C(c1ccccc1C(=O)O)c1c(c2cc4c5c(c2oc1=O)CCCN5CCC4)O3. The van der Waals surface area contributed by atoms with Crippen LogP contribution in [-0.4, -0.2) is 37.8 Å². The number of carboxylic acids is 1. The van der Waals surface area contributed by atoms with Gasteiger partial charge in [0.15, 0.2) is 5.75 Å². The number of carbonyl (C=O) groups is 1. The van der Waals surface area contributed by atoms with Crippen molar-refractivity contribution in [2.45, 2.75) is 38.5 Å². The number of ether oxygens (including phenoxy) is 1. The maximum absolute atomic E-state index is 14.0. The van der Waals surface area contributed by atoms with Crippen LogP contribution in [0.25, 0.3) is 16.5 Å². The van der Waals surface area contributed by atoms with Gasteiger partial charge in [-0.15, -0.1) is 0 Å². The molecule has 0 amide bonds. The third-order valence-electron chi connectivity index (χ3n) is 9.03. The summed E-state index contributed by atoms with van der Waals surface area (Å²) < 4.78 is 15.1. The van der Waals surface area contributed by atoms with E-state index in [4.69, 9.17) is 9.15 Å². The molecule has 7 nitrogen and oxygen atoms in total. The molecule has 0 saturated carbocycles. The number of rotatable bonds is 2. The molecule has 1 N–H and O–H groups in total. The largest absolute Gasteiger partial charge is 0.478 e. The summed E-state index contributed by atoms with van der Waals surface area (Å²) in [6.45, 7) is 3.00. The predicted octanol–water partition coefficient (Wildman–Crippen LogP) is 3.61. The van der Waals surface area contributed by atoms with Crippen molar-refractivity contribution < 1.29 is 19.1 Å². The molecule has 5 heterocycles. The van der Waals surface area contributed by atoms with Crippen LogP contribution in [0.5, 0.6) is 11.5 Å². The van der Waals surface area contributed by atoms with Gasteiger partial charge >= 0.3 is 11.6 Å². The quantitative estimate of drug-likeness (QED) is 0.276. The standard InChI is InChI=1S/C33H28N2O5/c1-34-12-4-7-18-15-23-26(17-25(18)34)39-31-24-16-19-8-5-13-35-14-6-11-22(29(19)35)30(24)40-33(38)28(31)27(23)20-9-2-3-10-21(20)32(36)37/h2-3,9-10,15-17H,4-8,11-14H2,1H3/p+1. The van der Waals surface area contributed by atoms with Gasteiger partial charge in [0.1, 0.15) is 30.5 Å². The van der Waals surface area contributed by atoms with Crippen molar-refractivity contribution in [3.05, 3.63) is 96.8 Å². The zero-order valence-corrected chi connectivity index (χ0v) is 22.4. The van der Waals surface area contributed by atoms with E-state index in [9.17, 15) is 14.7 Å². The van der Waals surface area contributed by atoms with Crippen molar-refractivity contribution >= 4 is 28.2 Å². The topological polar surface area (TPSA) is 83.0 Å². The van der Waals surface area contributed by atoms with Crippen molar-refractivity contribution in [2.24, 2.45) is 0 Å². The van der Waals surface area contributed by atoms with Crippen molar-refractivity contribution in [1.82, 2.24) is 4.58 Å². The third-order valence-corrected chi connectivity index (χ3v) is 9.03. The number of aryl methyl sites for hydroxylation is 3. The Balaban J connectivity index is 1.53. The first-order valence-corrected chi connectivity index (χ1v) is 14.2. The van der Waals surface area contributed by atoms with E-state index in [1.165, 1.54) is 11.3 Å². The average molecular weight is 534 g/mol. The number of carboxylic acid groups (broad SMARTS) is 1. The lowest BCUT2D eigenvalue weighted by Crippen LogP contribution is -2.37. The Labute approximate surface area is 230 Å². The lowest BCUT2D eigenvalue weighted by molar-refractivity contribution is 0.0696. The third kappa shape index (κ3) is 3.27. The van der Waals surface area contributed by atoms with E-state index in [1.54, 1.807) is 18.2 Å². The molecule has 0 aliphatic carbocycles. The van der Waals surface area contributed by atoms with Gasteiger partial charge in [-0.3, -0.25) is 0 Å². The highest BCUT2D eigenvalue weighted by Gasteiger charge is 2.34. The van der Waals surface area contributed by atoms with E-state index in [0.717, 1.165) is 85.2 Å². The highest BCUT2D eigenvalue weighted by Crippen LogP contribution is 2.46. The normalized spacial score (nSPS) is 17.1. The Morgan fingerprint density at radius 3 is 2.65 bits per heavy atom. The Kier molecular flexibility index (Phi) is 5.02. The number of benzene rings is 3. The molecule has 7 heteroatoms. The highest BCUT2D eigenvalue weighted by molar-refractivity contribution is 6.02. The first-order chi connectivity index (χ1) is 19.5. The lowest BCUT2D eigenvalue weighted by Gasteiger charge is -2.37. The molecule has 4 aromatic rings. The van der Waals surface area contributed by atoms with Crippen LogP contribution in [0, 0.1) is 0 Å². The molecule has 4 aliphatic heterocycles. The molecule has 0 unspecified atom stereocenters. The second kappa shape index (κ2) is 8.55. The van der Waals surface area contributed by atoms with E-state index < -0.39 is 11.6 Å². The zero-order valence-electron chi connectivity index (χ0n) is 22.4. The number of hydrogen-bond acceptors (Lipinski definition) is 5. The van der Waals surface area contributed by atoms with Gasteiger partial charge in [-0.25, -0.2) is 14.2 Å². The van der Waals surface area contributed by atoms with E-state index in [2.05, 4.69) is 34.7 Å². The molecular weight excluding hydrogens is 504 g/mol. The van der Waals surface area contributed by atoms with Crippen LogP contribution >= 0.6 is 0 Å². The predicted molar refractivity (Wildman–Crippen MR) is 152 cm³/mol. The summed E-state index contributed by atoms with van der Waals surface area (Å²) in [4.78, 5) is 28.8. The Morgan fingerprint density at radius 2 is 1.80 bits per heavy atom. The van der Waals surface area contributed by atoms with E-state index in [-0.39, 0.29) is 5.56 Å². The Hall–Kier alpha value is -4.39. The summed E-state index contributed by atoms with van der Waals surface area (Å²) in [5.74, 6) is 0.0586. The molecule has 1 aromatic heterocycles. The van der Waals surface area contributed by atoms with Gasteiger partial charge in [-0.1, -0.05) is 18.2 Å². The molecule has 0 bridgehead atoms. The number of hydrogen-bond donors (Lipinski definition) is 1. The van der Waals surface area contributed by atoms with Crippen molar-refractivity contribution in [2.75, 3.05) is 31.6 Å². The molecule has 3 aromatic carbocycles. The molecule has 0 spiro atoms. The molecule has 4 aliphatic rings. The summed E-state index contributed by atoms with van der Waals surface area (Å²) >= 11 is 0. The van der Waals surface area contributed by atoms with Crippen LogP contribution in [0.4, 0.5) is 5.69 Å². The van der Waals surface area contributed by atoms with E-state index in [0.29, 0.717) is 33.8 Å². The van der Waals surface area contributed by atoms with Gasteiger partial charge < -0.3 is 19.2 Å². The molecular formula is C33H29N2O5+. The molecule has 0 saturated heterocycles. The van der Waals surface area contributed by atoms with Gasteiger partial charge in [0.2, 0.25) is 5.36 Å². The maximum atomic E-state index is 14.0. The van der Waals surface area contributed by atoms with Crippen molar-refractivity contribution in [1.29, 1.82) is 0 Å². The second-order valence-electron chi connectivity index (χ2n) is 11.4. The van der Waals surface area contributed by atoms with Crippen LogP contribution in [0.15, 0.2) is 51.7 Å². The van der Waals surface area contributed by atoms with Gasteiger partial charge in [0, 0.05) is 47.1 Å². The number of fused-ring (bicyclic) bond motifs is 6. The van der Waals surface area contributed by atoms with Crippen LogP contribution in [0.2, 0.25) is 0 Å². The Bertz CT molecular complexity index is 1990. The number of anilines is 1. The fraction of sp³-hybridized carbons (Fsp3) is 0.303. The van der Waals surface area contributed by atoms with Crippen LogP contribution in [0.1, 0.15) is 57.4 Å². The minimum Gasteiger partial charge on any atom is -0.478 e. The molecule has 40 heavy (non-hydrogen) atoms. The summed E-state index contributed by atoms with van der Waals surface area (Å²) in [6.07, 6.45) is 5.85. The molecule has 0 fully saturated rings. The van der Waals surface area contributed by atoms with Crippen LogP contribution < -0.4 is 30.4 Å². The highest BCUT2D eigenvalue weighted by atomic mass is 16.5. The van der Waals surface area contributed by atoms with E-state index >= 15 is 0 Å². The maximum Gasteiger partial charge on any atom is 0.348 e. The van der Waals surface area contributed by atoms with Crippen LogP contribution in [0.3, 0.4) is 0 Å². The van der Waals surface area contributed by atoms with Crippen molar-refractivity contribution in [3.63, 3.8) is 0 Å². The minimum atomic E-state index is -1.04. The lowest BCUT2D eigenvalue weighted by atomic mass is 9.86. The molecule has 0 radical (unpaired) electrons. The van der Waals surface area contributed by atoms with Gasteiger partial charge in [0.25, 0.3) is 0 Å². The number of aromatic carboxylic acids is 1. The molecule has 8 rings (SSSR count). The smallest absolute Gasteiger partial charge is 0.348 e. The molecule has 200 valence electrons. The van der Waals surface area contributed by atoms with Gasteiger partial charge in [-0.05, 0) is 61.4 Å². The van der Waals surface area contributed by atoms with E-state index in [1.807, 2.05) is 6.07 Å². The summed E-state index contributed by atoms with van der Waals surface area (Å²) in [5.41, 5.74) is 6.32. The fourth-order valence-corrected chi connectivity index (χ4v) is 7.30. The fourth-order valence-electron chi connectivity index (χ4n) is 7.30. The monoisotopic (exact) mass is 533 g/mol.